The minimum absolute atomic E-state index is 0.0779. The van der Waals surface area contributed by atoms with Gasteiger partial charge in [-0.1, -0.05) is 71.2 Å². The number of rotatable bonds is 9. The van der Waals surface area contributed by atoms with Crippen LogP contribution < -0.4 is 9.62 Å². The van der Waals surface area contributed by atoms with Crippen molar-refractivity contribution in [1.82, 2.24) is 5.32 Å². The van der Waals surface area contributed by atoms with E-state index in [1.807, 2.05) is 44.2 Å². The van der Waals surface area contributed by atoms with Crippen LogP contribution in [-0.4, -0.2) is 26.9 Å². The molecule has 3 aromatic carbocycles. The molecule has 3 rings (SSSR count). The lowest BCUT2D eigenvalue weighted by Crippen LogP contribution is -2.43. The van der Waals surface area contributed by atoms with Crippen molar-refractivity contribution in [2.75, 3.05) is 10.8 Å². The van der Waals surface area contributed by atoms with Gasteiger partial charge >= 0.3 is 0 Å². The van der Waals surface area contributed by atoms with Gasteiger partial charge in [-0.15, -0.1) is 0 Å². The van der Waals surface area contributed by atoms with Crippen LogP contribution in [0.15, 0.2) is 77.7 Å². The number of carbonyl (C=O) groups is 1. The number of sulfonamides is 1. The molecule has 1 atom stereocenters. The Morgan fingerprint density at radius 2 is 1.58 bits per heavy atom. The minimum Gasteiger partial charge on any atom is -0.352 e. The molecule has 0 aliphatic heterocycles. The van der Waals surface area contributed by atoms with Gasteiger partial charge in [0, 0.05) is 16.1 Å². The topological polar surface area (TPSA) is 66.5 Å². The summed E-state index contributed by atoms with van der Waals surface area (Å²) in [5.74, 6) is -0.414. The van der Waals surface area contributed by atoms with Crippen LogP contribution in [0.25, 0.3) is 0 Å². The highest BCUT2D eigenvalue weighted by molar-refractivity contribution is 7.92. The van der Waals surface area contributed by atoms with E-state index in [0.717, 1.165) is 22.7 Å². The van der Waals surface area contributed by atoms with Gasteiger partial charge < -0.3 is 5.32 Å². The van der Waals surface area contributed by atoms with Crippen LogP contribution in [0.1, 0.15) is 24.5 Å². The standard InChI is InChI=1S/C25H26Cl2N2O3S/c1-18-8-12-24(13-9-18)33(31,32)29(23-15-21(26)14-22(27)16-23)17-25(30)28-19(2)10-11-20-6-4-3-5-7-20/h3-9,12-16,19H,10-11,17H2,1-2H3,(H,28,30)/t19-/m1/s1. The third kappa shape index (κ3) is 6.97. The SMILES string of the molecule is Cc1ccc(S(=O)(=O)N(CC(=O)N[C@H](C)CCc2ccccc2)c2cc(Cl)cc(Cl)c2)cc1. The number of hydrogen-bond donors (Lipinski definition) is 1. The second-order valence-electron chi connectivity index (χ2n) is 7.95. The molecule has 1 amide bonds. The third-order valence-corrected chi connectivity index (χ3v) is 7.37. The van der Waals surface area contributed by atoms with Crippen molar-refractivity contribution >= 4 is 44.8 Å². The van der Waals surface area contributed by atoms with Crippen LogP contribution in [0.2, 0.25) is 10.0 Å². The number of anilines is 1. The van der Waals surface area contributed by atoms with Crippen molar-refractivity contribution in [1.29, 1.82) is 0 Å². The molecule has 0 saturated carbocycles. The van der Waals surface area contributed by atoms with Crippen molar-refractivity contribution in [2.24, 2.45) is 0 Å². The summed E-state index contributed by atoms with van der Waals surface area (Å²) in [5.41, 5.74) is 2.33. The number of nitrogens with zero attached hydrogens (tertiary/aromatic N) is 1. The first-order valence-corrected chi connectivity index (χ1v) is 12.7. The number of amides is 1. The van der Waals surface area contributed by atoms with Crippen LogP contribution in [0.5, 0.6) is 0 Å². The Bertz CT molecular complexity index is 1180. The second-order valence-corrected chi connectivity index (χ2v) is 10.7. The fourth-order valence-electron chi connectivity index (χ4n) is 3.39. The molecule has 0 aromatic heterocycles. The van der Waals surface area contributed by atoms with E-state index in [9.17, 15) is 13.2 Å². The first kappa shape index (κ1) is 25.1. The van der Waals surface area contributed by atoms with Crippen molar-refractivity contribution in [3.05, 3.63) is 94.0 Å². The van der Waals surface area contributed by atoms with E-state index in [1.165, 1.54) is 35.9 Å². The Kier molecular flexibility index (Phi) is 8.40. The molecule has 3 aromatic rings. The van der Waals surface area contributed by atoms with Gasteiger partial charge in [-0.25, -0.2) is 8.42 Å². The average Bonchev–Trinajstić information content (AvgIpc) is 2.76. The number of halogens is 2. The number of hydrogen-bond acceptors (Lipinski definition) is 3. The number of carbonyl (C=O) groups excluding carboxylic acids is 1. The fraction of sp³-hybridized carbons (Fsp3) is 0.240. The Morgan fingerprint density at radius 1 is 0.970 bits per heavy atom. The Hall–Kier alpha value is -2.54. The normalized spacial score (nSPS) is 12.2. The van der Waals surface area contributed by atoms with E-state index in [-0.39, 0.29) is 26.7 Å². The quantitative estimate of drug-likeness (QED) is 0.410. The lowest BCUT2D eigenvalue weighted by Gasteiger charge is -2.25. The highest BCUT2D eigenvalue weighted by Crippen LogP contribution is 2.29. The van der Waals surface area contributed by atoms with E-state index >= 15 is 0 Å². The molecule has 5 nitrogen and oxygen atoms in total. The molecule has 0 aliphatic rings. The number of nitrogens with one attached hydrogen (secondary N) is 1. The maximum Gasteiger partial charge on any atom is 0.264 e. The second kappa shape index (κ2) is 11.1. The van der Waals surface area contributed by atoms with Crippen LogP contribution in [-0.2, 0) is 21.2 Å². The molecule has 8 heteroatoms. The summed E-state index contributed by atoms with van der Waals surface area (Å²) in [6, 6.07) is 20.8. The summed E-state index contributed by atoms with van der Waals surface area (Å²) >= 11 is 12.2. The van der Waals surface area contributed by atoms with E-state index in [1.54, 1.807) is 12.1 Å². The van der Waals surface area contributed by atoms with Crippen molar-refractivity contribution in [3.8, 4) is 0 Å². The van der Waals surface area contributed by atoms with Gasteiger partial charge in [-0.05, 0) is 62.6 Å². The zero-order chi connectivity index (χ0) is 24.0. The number of aryl methyl sites for hydroxylation is 2. The fourth-order valence-corrected chi connectivity index (χ4v) is 5.31. The molecule has 174 valence electrons. The smallest absolute Gasteiger partial charge is 0.264 e. The molecule has 0 bridgehead atoms. The van der Waals surface area contributed by atoms with Crippen LogP contribution in [0, 0.1) is 6.92 Å². The molecule has 0 unspecified atom stereocenters. The molecule has 0 fully saturated rings. The Morgan fingerprint density at radius 3 is 2.18 bits per heavy atom. The monoisotopic (exact) mass is 504 g/mol. The molecular weight excluding hydrogens is 479 g/mol. The molecule has 33 heavy (non-hydrogen) atoms. The number of benzene rings is 3. The van der Waals surface area contributed by atoms with Gasteiger partial charge in [0.25, 0.3) is 10.0 Å². The van der Waals surface area contributed by atoms with Gasteiger partial charge in [0.15, 0.2) is 0 Å². The summed E-state index contributed by atoms with van der Waals surface area (Å²) in [6.07, 6.45) is 1.53. The van der Waals surface area contributed by atoms with Crippen molar-refractivity contribution < 1.29 is 13.2 Å². The van der Waals surface area contributed by atoms with E-state index < -0.39 is 22.5 Å². The van der Waals surface area contributed by atoms with Crippen LogP contribution >= 0.6 is 23.2 Å². The average molecular weight is 505 g/mol. The lowest BCUT2D eigenvalue weighted by atomic mass is 10.1. The third-order valence-electron chi connectivity index (χ3n) is 5.15. The van der Waals surface area contributed by atoms with E-state index in [2.05, 4.69) is 5.32 Å². The van der Waals surface area contributed by atoms with E-state index in [4.69, 9.17) is 23.2 Å². The molecule has 0 radical (unpaired) electrons. The Balaban J connectivity index is 1.80. The van der Waals surface area contributed by atoms with Crippen molar-refractivity contribution in [2.45, 2.75) is 37.6 Å². The highest BCUT2D eigenvalue weighted by atomic mass is 35.5. The maximum atomic E-state index is 13.5. The van der Waals surface area contributed by atoms with Gasteiger partial charge in [0.2, 0.25) is 5.91 Å². The summed E-state index contributed by atoms with van der Waals surface area (Å²) in [6.45, 7) is 3.37. The summed E-state index contributed by atoms with van der Waals surface area (Å²) in [5, 5.41) is 3.45. The molecule has 0 spiro atoms. The first-order valence-electron chi connectivity index (χ1n) is 10.5. The minimum atomic E-state index is -4.04. The lowest BCUT2D eigenvalue weighted by molar-refractivity contribution is -0.120. The predicted molar refractivity (Wildman–Crippen MR) is 135 cm³/mol. The summed E-state index contributed by atoms with van der Waals surface area (Å²) in [7, 11) is -4.04. The maximum absolute atomic E-state index is 13.5. The van der Waals surface area contributed by atoms with Gasteiger partial charge in [0.1, 0.15) is 6.54 Å². The van der Waals surface area contributed by atoms with E-state index in [0.29, 0.717) is 0 Å². The molecular formula is C25H26Cl2N2O3S. The predicted octanol–water partition coefficient (Wildman–Crippen LogP) is 5.63. The zero-order valence-electron chi connectivity index (χ0n) is 18.5. The summed E-state index contributed by atoms with van der Waals surface area (Å²) in [4.78, 5) is 12.9. The Labute approximate surface area is 205 Å². The largest absolute Gasteiger partial charge is 0.352 e. The molecule has 0 aliphatic carbocycles. The van der Waals surface area contributed by atoms with Crippen molar-refractivity contribution in [3.63, 3.8) is 0 Å². The highest BCUT2D eigenvalue weighted by Gasteiger charge is 2.28. The molecule has 0 saturated heterocycles. The zero-order valence-corrected chi connectivity index (χ0v) is 20.8. The van der Waals surface area contributed by atoms with Crippen LogP contribution in [0.3, 0.4) is 0 Å². The van der Waals surface area contributed by atoms with Gasteiger partial charge in [0.05, 0.1) is 10.6 Å². The molecule has 1 N–H and O–H groups in total. The summed E-state index contributed by atoms with van der Waals surface area (Å²) < 4.78 is 28.0. The molecule has 0 heterocycles. The van der Waals surface area contributed by atoms with Crippen LogP contribution in [0.4, 0.5) is 5.69 Å². The van der Waals surface area contributed by atoms with Gasteiger partial charge in [-0.2, -0.15) is 0 Å². The van der Waals surface area contributed by atoms with Gasteiger partial charge in [-0.3, -0.25) is 9.10 Å². The first-order chi connectivity index (χ1) is 15.6.